The number of aromatic nitrogens is 1. The fraction of sp³-hybridized carbons (Fsp3) is 0.273. The van der Waals surface area contributed by atoms with Gasteiger partial charge in [-0.15, -0.1) is 0 Å². The van der Waals surface area contributed by atoms with Gasteiger partial charge in [0.1, 0.15) is 11.5 Å². The van der Waals surface area contributed by atoms with E-state index in [-0.39, 0.29) is 5.91 Å². The molecule has 0 unspecified atom stereocenters. The Balaban J connectivity index is 2.03. The Hall–Kier alpha value is -2.04. The van der Waals surface area contributed by atoms with Crippen LogP contribution in [0.5, 0.6) is 0 Å². The van der Waals surface area contributed by atoms with E-state index in [1.54, 1.807) is 25.2 Å². The average Bonchev–Trinajstić information content (AvgIpc) is 2.88. The van der Waals surface area contributed by atoms with Crippen molar-refractivity contribution in [2.45, 2.75) is 13.5 Å². The van der Waals surface area contributed by atoms with Gasteiger partial charge >= 0.3 is 0 Å². The van der Waals surface area contributed by atoms with Gasteiger partial charge in [0.25, 0.3) is 5.91 Å². The van der Waals surface area contributed by atoms with Crippen LogP contribution in [-0.2, 0) is 6.54 Å². The van der Waals surface area contributed by atoms with Crippen LogP contribution in [0.15, 0.2) is 33.4 Å². The van der Waals surface area contributed by atoms with E-state index in [1.807, 2.05) is 6.92 Å². The average molecular weight is 220 g/mol. The molecule has 0 spiro atoms. The molecule has 5 heteroatoms. The Morgan fingerprint density at radius 2 is 2.38 bits per heavy atom. The van der Waals surface area contributed by atoms with Crippen molar-refractivity contribution in [3.8, 4) is 0 Å². The van der Waals surface area contributed by atoms with Gasteiger partial charge in [-0.25, -0.2) is 0 Å². The van der Waals surface area contributed by atoms with Crippen molar-refractivity contribution in [2.75, 3.05) is 7.05 Å². The number of aryl methyl sites for hydroxylation is 1. The first-order valence-electron chi connectivity index (χ1n) is 4.88. The van der Waals surface area contributed by atoms with Gasteiger partial charge < -0.3 is 13.8 Å². The molecule has 0 aliphatic heterocycles. The summed E-state index contributed by atoms with van der Waals surface area (Å²) in [4.78, 5) is 13.3. The van der Waals surface area contributed by atoms with Gasteiger partial charge in [-0.3, -0.25) is 4.79 Å². The second kappa shape index (κ2) is 4.22. The van der Waals surface area contributed by atoms with Crippen molar-refractivity contribution in [3.05, 3.63) is 41.7 Å². The van der Waals surface area contributed by atoms with Crippen molar-refractivity contribution >= 4 is 5.91 Å². The van der Waals surface area contributed by atoms with Gasteiger partial charge in [0.15, 0.2) is 5.76 Å². The monoisotopic (exact) mass is 220 g/mol. The number of furan rings is 1. The SMILES string of the molecule is Cc1cc(CN(C)C(=O)c2ccco2)no1. The quantitative estimate of drug-likeness (QED) is 0.792. The Labute approximate surface area is 92.6 Å². The molecule has 0 N–H and O–H groups in total. The molecule has 0 saturated heterocycles. The summed E-state index contributed by atoms with van der Waals surface area (Å²) in [5.41, 5.74) is 0.722. The Morgan fingerprint density at radius 3 is 2.94 bits per heavy atom. The molecule has 0 aromatic carbocycles. The molecule has 0 aliphatic rings. The zero-order chi connectivity index (χ0) is 11.5. The van der Waals surface area contributed by atoms with Crippen LogP contribution < -0.4 is 0 Å². The van der Waals surface area contributed by atoms with Crippen LogP contribution in [0.3, 0.4) is 0 Å². The zero-order valence-corrected chi connectivity index (χ0v) is 9.14. The highest BCUT2D eigenvalue weighted by Gasteiger charge is 2.15. The Bertz CT molecular complexity index is 473. The number of hydrogen-bond donors (Lipinski definition) is 0. The first-order chi connectivity index (χ1) is 7.66. The summed E-state index contributed by atoms with van der Waals surface area (Å²) in [6.45, 7) is 2.21. The van der Waals surface area contributed by atoms with E-state index < -0.39 is 0 Å². The number of rotatable bonds is 3. The van der Waals surface area contributed by atoms with Crippen molar-refractivity contribution in [1.82, 2.24) is 10.1 Å². The first-order valence-corrected chi connectivity index (χ1v) is 4.88. The summed E-state index contributed by atoms with van der Waals surface area (Å²) in [6, 6.07) is 5.11. The lowest BCUT2D eigenvalue weighted by Gasteiger charge is -2.13. The standard InChI is InChI=1S/C11H12N2O3/c1-8-6-9(12-16-8)7-13(2)11(14)10-4-3-5-15-10/h3-6H,7H2,1-2H3. The van der Waals surface area contributed by atoms with Gasteiger partial charge in [0, 0.05) is 13.1 Å². The predicted octanol–water partition coefficient (Wildman–Crippen LogP) is 1.85. The number of carbonyl (C=O) groups is 1. The molecule has 0 radical (unpaired) electrons. The minimum Gasteiger partial charge on any atom is -0.459 e. The maximum absolute atomic E-state index is 11.8. The van der Waals surface area contributed by atoms with E-state index in [4.69, 9.17) is 8.94 Å². The van der Waals surface area contributed by atoms with Crippen LogP contribution in [0.2, 0.25) is 0 Å². The summed E-state index contributed by atoms with van der Waals surface area (Å²) in [5, 5.41) is 3.82. The van der Waals surface area contributed by atoms with E-state index in [9.17, 15) is 4.79 Å². The predicted molar refractivity (Wildman–Crippen MR) is 55.7 cm³/mol. The smallest absolute Gasteiger partial charge is 0.289 e. The first kappa shape index (κ1) is 10.5. The summed E-state index contributed by atoms with van der Waals surface area (Å²) < 4.78 is 9.95. The van der Waals surface area contributed by atoms with Gasteiger partial charge in [0.05, 0.1) is 12.8 Å². The van der Waals surface area contributed by atoms with Gasteiger partial charge in [0.2, 0.25) is 0 Å². The molecule has 5 nitrogen and oxygen atoms in total. The fourth-order valence-corrected chi connectivity index (χ4v) is 1.40. The molecule has 2 aromatic rings. The highest BCUT2D eigenvalue weighted by atomic mass is 16.5. The number of amides is 1. The lowest BCUT2D eigenvalue weighted by molar-refractivity contribution is 0.0750. The third-order valence-electron chi connectivity index (χ3n) is 2.15. The summed E-state index contributed by atoms with van der Waals surface area (Å²) in [5.74, 6) is 0.877. The maximum atomic E-state index is 11.8. The molecule has 0 saturated carbocycles. The van der Waals surface area contributed by atoms with Gasteiger partial charge in [-0.2, -0.15) is 0 Å². The minimum absolute atomic E-state index is 0.175. The van der Waals surface area contributed by atoms with Gasteiger partial charge in [-0.05, 0) is 19.1 Å². The third-order valence-corrected chi connectivity index (χ3v) is 2.15. The molecule has 2 rings (SSSR count). The van der Waals surface area contributed by atoms with Crippen LogP contribution >= 0.6 is 0 Å². The zero-order valence-electron chi connectivity index (χ0n) is 9.14. The third kappa shape index (κ3) is 2.13. The molecule has 2 aromatic heterocycles. The largest absolute Gasteiger partial charge is 0.459 e. The molecule has 84 valence electrons. The Morgan fingerprint density at radius 1 is 1.56 bits per heavy atom. The maximum Gasteiger partial charge on any atom is 0.289 e. The second-order valence-electron chi connectivity index (χ2n) is 3.57. The van der Waals surface area contributed by atoms with E-state index in [0.29, 0.717) is 12.3 Å². The normalized spacial score (nSPS) is 10.4. The molecule has 16 heavy (non-hydrogen) atoms. The van der Waals surface area contributed by atoms with Crippen molar-refractivity contribution in [2.24, 2.45) is 0 Å². The molecule has 1 amide bonds. The topological polar surface area (TPSA) is 59.5 Å². The van der Waals surface area contributed by atoms with E-state index in [2.05, 4.69) is 5.16 Å². The summed E-state index contributed by atoms with van der Waals surface area (Å²) >= 11 is 0. The molecular weight excluding hydrogens is 208 g/mol. The second-order valence-corrected chi connectivity index (χ2v) is 3.57. The molecule has 0 fully saturated rings. The molecule has 2 heterocycles. The highest BCUT2D eigenvalue weighted by Crippen LogP contribution is 2.09. The van der Waals surface area contributed by atoms with E-state index >= 15 is 0 Å². The molecule has 0 atom stereocenters. The fourth-order valence-electron chi connectivity index (χ4n) is 1.40. The number of hydrogen-bond acceptors (Lipinski definition) is 4. The van der Waals surface area contributed by atoms with Crippen LogP contribution in [0.1, 0.15) is 22.0 Å². The van der Waals surface area contributed by atoms with Crippen molar-refractivity contribution in [1.29, 1.82) is 0 Å². The van der Waals surface area contributed by atoms with Gasteiger partial charge in [-0.1, -0.05) is 5.16 Å². The van der Waals surface area contributed by atoms with Crippen molar-refractivity contribution < 1.29 is 13.7 Å². The van der Waals surface area contributed by atoms with E-state index in [1.165, 1.54) is 11.2 Å². The summed E-state index contributed by atoms with van der Waals surface area (Å²) in [6.07, 6.45) is 1.47. The van der Waals surface area contributed by atoms with Crippen LogP contribution in [0.4, 0.5) is 0 Å². The van der Waals surface area contributed by atoms with Crippen molar-refractivity contribution in [3.63, 3.8) is 0 Å². The lowest BCUT2D eigenvalue weighted by Crippen LogP contribution is -2.25. The van der Waals surface area contributed by atoms with Crippen LogP contribution in [-0.4, -0.2) is 23.0 Å². The Kier molecular flexibility index (Phi) is 2.76. The molecule has 0 aliphatic carbocycles. The molecular formula is C11H12N2O3. The lowest BCUT2D eigenvalue weighted by atomic mass is 10.3. The molecule has 0 bridgehead atoms. The van der Waals surface area contributed by atoms with E-state index in [0.717, 1.165) is 11.5 Å². The highest BCUT2D eigenvalue weighted by molar-refractivity contribution is 5.91. The van der Waals surface area contributed by atoms with Crippen LogP contribution in [0.25, 0.3) is 0 Å². The summed E-state index contributed by atoms with van der Waals surface area (Å²) in [7, 11) is 1.69. The minimum atomic E-state index is -0.175. The number of nitrogens with zero attached hydrogens (tertiary/aromatic N) is 2. The van der Waals surface area contributed by atoms with Crippen LogP contribution in [0, 0.1) is 6.92 Å². The number of carbonyl (C=O) groups excluding carboxylic acids is 1.